The third-order valence-corrected chi connectivity index (χ3v) is 2.43. The molecule has 0 saturated carbocycles. The van der Waals surface area contributed by atoms with E-state index in [-0.39, 0.29) is 10.9 Å². The van der Waals surface area contributed by atoms with Crippen LogP contribution in [0.4, 0.5) is 4.39 Å². The predicted molar refractivity (Wildman–Crippen MR) is 54.9 cm³/mol. The standard InChI is InChI=1S/C9H9BrFNO3/c10-5-1-4(2-7(13)9(5)11)6(12)3-8(14)15/h1-2,6,13H,3,12H2,(H,14,15). The molecule has 0 aliphatic rings. The van der Waals surface area contributed by atoms with Gasteiger partial charge in [0, 0.05) is 6.04 Å². The molecule has 4 nitrogen and oxygen atoms in total. The van der Waals surface area contributed by atoms with E-state index in [1.54, 1.807) is 0 Å². The number of halogens is 2. The smallest absolute Gasteiger partial charge is 0.305 e. The minimum Gasteiger partial charge on any atom is -0.505 e. The normalized spacial score (nSPS) is 12.5. The number of rotatable bonds is 3. The maximum atomic E-state index is 13.0. The van der Waals surface area contributed by atoms with Crippen molar-refractivity contribution in [1.82, 2.24) is 0 Å². The summed E-state index contributed by atoms with van der Waals surface area (Å²) in [5.41, 5.74) is 5.91. The van der Waals surface area contributed by atoms with Gasteiger partial charge >= 0.3 is 5.97 Å². The lowest BCUT2D eigenvalue weighted by molar-refractivity contribution is -0.137. The van der Waals surface area contributed by atoms with Gasteiger partial charge in [0.25, 0.3) is 0 Å². The molecule has 1 rings (SSSR count). The largest absolute Gasteiger partial charge is 0.505 e. The van der Waals surface area contributed by atoms with Crippen molar-refractivity contribution in [3.05, 3.63) is 28.0 Å². The van der Waals surface area contributed by atoms with E-state index in [4.69, 9.17) is 15.9 Å². The molecule has 0 saturated heterocycles. The highest BCUT2D eigenvalue weighted by Gasteiger charge is 2.15. The Bertz CT molecular complexity index is 374. The highest BCUT2D eigenvalue weighted by atomic mass is 79.9. The van der Waals surface area contributed by atoms with Crippen LogP contribution in [0, 0.1) is 5.82 Å². The summed E-state index contributed by atoms with van der Waals surface area (Å²) in [5.74, 6) is -2.40. The first-order valence-corrected chi connectivity index (χ1v) is 4.86. The van der Waals surface area contributed by atoms with Crippen molar-refractivity contribution in [1.29, 1.82) is 0 Å². The fourth-order valence-corrected chi connectivity index (χ4v) is 1.58. The molecule has 15 heavy (non-hydrogen) atoms. The Balaban J connectivity index is 3.00. The van der Waals surface area contributed by atoms with Gasteiger partial charge in [0.05, 0.1) is 10.9 Å². The van der Waals surface area contributed by atoms with Gasteiger partial charge in [-0.25, -0.2) is 4.39 Å². The van der Waals surface area contributed by atoms with Crippen LogP contribution in [0.1, 0.15) is 18.0 Å². The first-order valence-electron chi connectivity index (χ1n) is 4.07. The summed E-state index contributed by atoms with van der Waals surface area (Å²) < 4.78 is 13.0. The van der Waals surface area contributed by atoms with E-state index in [9.17, 15) is 9.18 Å². The van der Waals surface area contributed by atoms with Crippen LogP contribution in [0.15, 0.2) is 16.6 Å². The molecule has 0 aromatic heterocycles. The van der Waals surface area contributed by atoms with Gasteiger partial charge in [0.1, 0.15) is 0 Å². The van der Waals surface area contributed by atoms with Crippen LogP contribution < -0.4 is 5.73 Å². The number of nitrogens with two attached hydrogens (primary N) is 1. The van der Waals surface area contributed by atoms with Gasteiger partial charge in [0.15, 0.2) is 11.6 Å². The van der Waals surface area contributed by atoms with Crippen LogP contribution in [0.3, 0.4) is 0 Å². The summed E-state index contributed by atoms with van der Waals surface area (Å²) in [6.45, 7) is 0. The van der Waals surface area contributed by atoms with Gasteiger partial charge in [-0.15, -0.1) is 0 Å². The molecule has 0 heterocycles. The van der Waals surface area contributed by atoms with Crippen LogP contribution in [0.5, 0.6) is 5.75 Å². The van der Waals surface area contributed by atoms with E-state index in [2.05, 4.69) is 15.9 Å². The van der Waals surface area contributed by atoms with Gasteiger partial charge in [-0.05, 0) is 33.6 Å². The zero-order valence-corrected chi connectivity index (χ0v) is 9.16. The Labute approximate surface area is 93.6 Å². The molecule has 1 aromatic rings. The van der Waals surface area contributed by atoms with E-state index >= 15 is 0 Å². The van der Waals surface area contributed by atoms with Crippen LogP contribution in [0.25, 0.3) is 0 Å². The van der Waals surface area contributed by atoms with E-state index < -0.39 is 23.6 Å². The molecule has 6 heteroatoms. The Morgan fingerprint density at radius 2 is 2.20 bits per heavy atom. The lowest BCUT2D eigenvalue weighted by Gasteiger charge is -2.10. The number of aromatic hydroxyl groups is 1. The fraction of sp³-hybridized carbons (Fsp3) is 0.222. The number of phenols is 1. The van der Waals surface area contributed by atoms with Crippen molar-refractivity contribution in [2.75, 3.05) is 0 Å². The lowest BCUT2D eigenvalue weighted by atomic mass is 10.0. The molecule has 0 fully saturated rings. The van der Waals surface area contributed by atoms with Gasteiger partial charge in [0.2, 0.25) is 0 Å². The molecule has 0 bridgehead atoms. The third kappa shape index (κ3) is 2.90. The minimum atomic E-state index is -1.05. The van der Waals surface area contributed by atoms with Crippen LogP contribution >= 0.6 is 15.9 Å². The summed E-state index contributed by atoms with van der Waals surface area (Å²) >= 11 is 2.89. The number of carbonyl (C=O) groups is 1. The van der Waals surface area contributed by atoms with Crippen molar-refractivity contribution < 1.29 is 19.4 Å². The number of phenolic OH excluding ortho intramolecular Hbond substituents is 1. The van der Waals surface area contributed by atoms with Crippen LogP contribution in [-0.4, -0.2) is 16.2 Å². The van der Waals surface area contributed by atoms with Crippen molar-refractivity contribution in [3.63, 3.8) is 0 Å². The van der Waals surface area contributed by atoms with Gasteiger partial charge in [-0.2, -0.15) is 0 Å². The molecule has 1 atom stereocenters. The van der Waals surface area contributed by atoms with Gasteiger partial charge in [-0.3, -0.25) is 4.79 Å². The number of hydrogen-bond donors (Lipinski definition) is 3. The Morgan fingerprint density at radius 3 is 2.67 bits per heavy atom. The molecule has 0 radical (unpaired) electrons. The van der Waals surface area contributed by atoms with Crippen molar-refractivity contribution in [2.24, 2.45) is 5.73 Å². The summed E-state index contributed by atoms with van der Waals surface area (Å²) in [7, 11) is 0. The SMILES string of the molecule is NC(CC(=O)O)c1cc(O)c(F)c(Br)c1. The Hall–Kier alpha value is -1.14. The number of benzene rings is 1. The molecule has 82 valence electrons. The van der Waals surface area contributed by atoms with Crippen molar-refractivity contribution >= 4 is 21.9 Å². The lowest BCUT2D eigenvalue weighted by Crippen LogP contribution is -2.15. The van der Waals surface area contributed by atoms with E-state index in [1.165, 1.54) is 6.07 Å². The fourth-order valence-electron chi connectivity index (χ4n) is 1.11. The molecule has 0 amide bonds. The predicted octanol–water partition coefficient (Wildman–Crippen LogP) is 1.77. The Kier molecular flexibility index (Phi) is 3.65. The first kappa shape index (κ1) is 11.9. The summed E-state index contributed by atoms with van der Waals surface area (Å²) in [4.78, 5) is 10.4. The van der Waals surface area contributed by atoms with Crippen LogP contribution in [-0.2, 0) is 4.79 Å². The zero-order valence-electron chi connectivity index (χ0n) is 7.58. The summed E-state index contributed by atoms with van der Waals surface area (Å²) in [5, 5.41) is 17.7. The van der Waals surface area contributed by atoms with Crippen molar-refractivity contribution in [3.8, 4) is 5.75 Å². The highest BCUT2D eigenvalue weighted by molar-refractivity contribution is 9.10. The van der Waals surface area contributed by atoms with E-state index in [1.807, 2.05) is 0 Å². The van der Waals surface area contributed by atoms with E-state index in [0.717, 1.165) is 6.07 Å². The number of hydrogen-bond acceptors (Lipinski definition) is 3. The third-order valence-electron chi connectivity index (χ3n) is 1.85. The first-order chi connectivity index (χ1) is 6.91. The minimum absolute atomic E-state index is 0.0540. The Morgan fingerprint density at radius 1 is 1.60 bits per heavy atom. The average molecular weight is 278 g/mol. The molecule has 0 aliphatic carbocycles. The monoisotopic (exact) mass is 277 g/mol. The molecular formula is C9H9BrFNO3. The average Bonchev–Trinajstić information content (AvgIpc) is 2.12. The molecule has 4 N–H and O–H groups in total. The topological polar surface area (TPSA) is 83.6 Å². The second-order valence-electron chi connectivity index (χ2n) is 3.04. The molecule has 0 spiro atoms. The van der Waals surface area contributed by atoms with Crippen LogP contribution in [0.2, 0.25) is 0 Å². The highest BCUT2D eigenvalue weighted by Crippen LogP contribution is 2.29. The van der Waals surface area contributed by atoms with Gasteiger partial charge in [-0.1, -0.05) is 0 Å². The number of carboxylic acids is 1. The maximum Gasteiger partial charge on any atom is 0.305 e. The maximum absolute atomic E-state index is 13.0. The number of carboxylic acid groups (broad SMARTS) is 1. The van der Waals surface area contributed by atoms with Gasteiger partial charge < -0.3 is 15.9 Å². The van der Waals surface area contributed by atoms with Crippen molar-refractivity contribution in [2.45, 2.75) is 12.5 Å². The quantitative estimate of drug-likeness (QED) is 0.786. The zero-order chi connectivity index (χ0) is 11.6. The summed E-state index contributed by atoms with van der Waals surface area (Å²) in [6, 6.07) is 1.70. The number of aliphatic carboxylic acids is 1. The molecule has 0 aliphatic heterocycles. The molecule has 1 aromatic carbocycles. The molecule has 1 unspecified atom stereocenters. The summed E-state index contributed by atoms with van der Waals surface area (Å²) in [6.07, 6.45) is -0.280. The second kappa shape index (κ2) is 4.59. The second-order valence-corrected chi connectivity index (χ2v) is 3.89. The van der Waals surface area contributed by atoms with E-state index in [0.29, 0.717) is 5.56 Å². The molecular weight excluding hydrogens is 269 g/mol.